The topological polar surface area (TPSA) is 48.0 Å². The number of hydrogen-bond acceptors (Lipinski definition) is 4. The van der Waals surface area contributed by atoms with Gasteiger partial charge in [-0.1, -0.05) is 0 Å². The van der Waals surface area contributed by atoms with Crippen LogP contribution in [0.25, 0.3) is 0 Å². The van der Waals surface area contributed by atoms with Gasteiger partial charge in [0.2, 0.25) is 5.91 Å². The van der Waals surface area contributed by atoms with E-state index in [2.05, 4.69) is 4.90 Å². The maximum absolute atomic E-state index is 12.7. The molecule has 0 aromatic rings. The maximum Gasteiger partial charge on any atom is 0.226 e. The quantitative estimate of drug-likeness (QED) is 0.777. The van der Waals surface area contributed by atoms with Crippen molar-refractivity contribution in [1.82, 2.24) is 4.90 Å². The molecule has 3 atom stereocenters. The first kappa shape index (κ1) is 14.3. The van der Waals surface area contributed by atoms with E-state index in [-0.39, 0.29) is 18.1 Å². The van der Waals surface area contributed by atoms with Crippen LogP contribution in [0.4, 0.5) is 0 Å². The van der Waals surface area contributed by atoms with Crippen molar-refractivity contribution < 1.29 is 19.0 Å². The fourth-order valence-corrected chi connectivity index (χ4v) is 3.87. The second-order valence-electron chi connectivity index (χ2n) is 6.19. The summed E-state index contributed by atoms with van der Waals surface area (Å²) in [5.74, 6) is 1.01. The van der Waals surface area contributed by atoms with E-state index in [9.17, 15) is 4.79 Å². The number of carbonyl (C=O) groups is 1. The Morgan fingerprint density at radius 1 is 1.25 bits per heavy atom. The molecule has 2 saturated heterocycles. The molecule has 0 N–H and O–H groups in total. The van der Waals surface area contributed by atoms with Crippen molar-refractivity contribution in [3.8, 4) is 0 Å². The summed E-state index contributed by atoms with van der Waals surface area (Å²) in [6.45, 7) is 3.64. The predicted octanol–water partition coefficient (Wildman–Crippen LogP) is 1.07. The normalized spacial score (nSPS) is 35.0. The van der Waals surface area contributed by atoms with Gasteiger partial charge >= 0.3 is 0 Å². The SMILES string of the molecule is COCC1CC2OCCN(C(=O)C3CCOCC3)C2C1. The summed E-state index contributed by atoms with van der Waals surface area (Å²) in [5.41, 5.74) is 0. The number of ether oxygens (including phenoxy) is 3. The number of hydrogen-bond donors (Lipinski definition) is 0. The smallest absolute Gasteiger partial charge is 0.226 e. The van der Waals surface area contributed by atoms with Crippen LogP contribution in [0.1, 0.15) is 25.7 Å². The monoisotopic (exact) mass is 283 g/mol. The molecule has 2 aliphatic heterocycles. The standard InChI is InChI=1S/C15H25NO4/c1-18-10-11-8-13-14(9-11)20-7-4-16(13)15(17)12-2-5-19-6-3-12/h11-14H,2-10H2,1H3. The maximum atomic E-state index is 12.7. The molecular weight excluding hydrogens is 258 g/mol. The van der Waals surface area contributed by atoms with Gasteiger partial charge < -0.3 is 19.1 Å². The molecule has 2 heterocycles. The Labute approximate surface area is 120 Å². The molecule has 3 unspecified atom stereocenters. The minimum absolute atomic E-state index is 0.156. The molecule has 1 aliphatic carbocycles. The number of fused-ring (bicyclic) bond motifs is 1. The minimum atomic E-state index is 0.156. The Hall–Kier alpha value is -0.650. The first-order valence-corrected chi connectivity index (χ1v) is 7.78. The molecule has 20 heavy (non-hydrogen) atoms. The number of morpholine rings is 1. The Kier molecular flexibility index (Phi) is 4.58. The van der Waals surface area contributed by atoms with E-state index in [1.165, 1.54) is 0 Å². The van der Waals surface area contributed by atoms with Gasteiger partial charge in [-0.25, -0.2) is 0 Å². The van der Waals surface area contributed by atoms with Gasteiger partial charge in [-0.05, 0) is 31.6 Å². The van der Waals surface area contributed by atoms with Crippen LogP contribution in [0.15, 0.2) is 0 Å². The number of rotatable bonds is 3. The molecule has 0 aromatic heterocycles. The van der Waals surface area contributed by atoms with E-state index in [4.69, 9.17) is 14.2 Å². The summed E-state index contributed by atoms with van der Waals surface area (Å²) < 4.78 is 16.5. The van der Waals surface area contributed by atoms with Gasteiger partial charge in [0.25, 0.3) is 0 Å². The number of carbonyl (C=O) groups excluding carboxylic acids is 1. The Morgan fingerprint density at radius 2 is 2.05 bits per heavy atom. The van der Waals surface area contributed by atoms with Gasteiger partial charge in [0.15, 0.2) is 0 Å². The van der Waals surface area contributed by atoms with Crippen molar-refractivity contribution in [2.75, 3.05) is 40.1 Å². The average Bonchev–Trinajstić information content (AvgIpc) is 2.90. The third-order valence-electron chi connectivity index (χ3n) is 4.89. The van der Waals surface area contributed by atoms with Crippen LogP contribution in [0.2, 0.25) is 0 Å². The summed E-state index contributed by atoms with van der Waals surface area (Å²) in [4.78, 5) is 14.8. The highest BCUT2D eigenvalue weighted by atomic mass is 16.5. The van der Waals surface area contributed by atoms with Crippen LogP contribution in [-0.2, 0) is 19.0 Å². The lowest BCUT2D eigenvalue weighted by Gasteiger charge is -2.40. The summed E-state index contributed by atoms with van der Waals surface area (Å²) >= 11 is 0. The van der Waals surface area contributed by atoms with Crippen LogP contribution in [0, 0.1) is 11.8 Å². The van der Waals surface area contributed by atoms with E-state index in [0.717, 1.165) is 52.0 Å². The van der Waals surface area contributed by atoms with E-state index in [1.54, 1.807) is 7.11 Å². The lowest BCUT2D eigenvalue weighted by molar-refractivity contribution is -0.151. The number of nitrogens with zero attached hydrogens (tertiary/aromatic N) is 1. The van der Waals surface area contributed by atoms with Crippen molar-refractivity contribution in [3.63, 3.8) is 0 Å². The zero-order valence-corrected chi connectivity index (χ0v) is 12.3. The molecule has 0 aromatic carbocycles. The highest BCUT2D eigenvalue weighted by Crippen LogP contribution is 2.35. The second kappa shape index (κ2) is 6.41. The van der Waals surface area contributed by atoms with Gasteiger partial charge in [-0.2, -0.15) is 0 Å². The van der Waals surface area contributed by atoms with Gasteiger partial charge in [0.05, 0.1) is 18.8 Å². The molecule has 0 bridgehead atoms. The number of amides is 1. The summed E-state index contributed by atoms with van der Waals surface area (Å²) in [6, 6.07) is 0.263. The predicted molar refractivity (Wildman–Crippen MR) is 73.4 cm³/mol. The fraction of sp³-hybridized carbons (Fsp3) is 0.933. The third kappa shape index (κ3) is 2.85. The van der Waals surface area contributed by atoms with Crippen molar-refractivity contribution in [1.29, 1.82) is 0 Å². The minimum Gasteiger partial charge on any atom is -0.384 e. The number of methoxy groups -OCH3 is 1. The van der Waals surface area contributed by atoms with Gasteiger partial charge in [0, 0.05) is 39.4 Å². The first-order chi connectivity index (χ1) is 9.79. The zero-order valence-electron chi connectivity index (χ0n) is 12.3. The lowest BCUT2D eigenvalue weighted by atomic mass is 9.96. The van der Waals surface area contributed by atoms with E-state index >= 15 is 0 Å². The van der Waals surface area contributed by atoms with Crippen molar-refractivity contribution >= 4 is 5.91 Å². The average molecular weight is 283 g/mol. The van der Waals surface area contributed by atoms with Crippen molar-refractivity contribution in [2.24, 2.45) is 11.8 Å². The summed E-state index contributed by atoms with van der Waals surface area (Å²) in [7, 11) is 1.74. The molecule has 5 nitrogen and oxygen atoms in total. The molecule has 1 amide bonds. The third-order valence-corrected chi connectivity index (χ3v) is 4.89. The molecule has 3 fully saturated rings. The second-order valence-corrected chi connectivity index (χ2v) is 6.19. The highest BCUT2D eigenvalue weighted by Gasteiger charge is 2.44. The van der Waals surface area contributed by atoms with Crippen molar-refractivity contribution in [2.45, 2.75) is 37.8 Å². The van der Waals surface area contributed by atoms with Crippen LogP contribution in [0.3, 0.4) is 0 Å². The van der Waals surface area contributed by atoms with Crippen LogP contribution in [-0.4, -0.2) is 63.0 Å². The Morgan fingerprint density at radius 3 is 2.80 bits per heavy atom. The molecule has 3 aliphatic rings. The molecule has 114 valence electrons. The zero-order chi connectivity index (χ0) is 13.9. The van der Waals surface area contributed by atoms with E-state index < -0.39 is 0 Å². The van der Waals surface area contributed by atoms with Gasteiger partial charge in [0.1, 0.15) is 0 Å². The van der Waals surface area contributed by atoms with E-state index in [1.807, 2.05) is 0 Å². The van der Waals surface area contributed by atoms with Crippen LogP contribution >= 0.6 is 0 Å². The van der Waals surface area contributed by atoms with Gasteiger partial charge in [-0.3, -0.25) is 4.79 Å². The molecule has 0 radical (unpaired) electrons. The fourth-order valence-electron chi connectivity index (χ4n) is 3.87. The molecule has 1 saturated carbocycles. The summed E-state index contributed by atoms with van der Waals surface area (Å²) in [6.07, 6.45) is 4.00. The molecule has 5 heteroatoms. The largest absolute Gasteiger partial charge is 0.384 e. The van der Waals surface area contributed by atoms with E-state index in [0.29, 0.717) is 18.4 Å². The first-order valence-electron chi connectivity index (χ1n) is 7.78. The van der Waals surface area contributed by atoms with Crippen LogP contribution in [0.5, 0.6) is 0 Å². The molecular formula is C15H25NO4. The molecule has 3 rings (SSSR count). The summed E-state index contributed by atoms with van der Waals surface area (Å²) in [5, 5.41) is 0. The van der Waals surface area contributed by atoms with Gasteiger partial charge in [-0.15, -0.1) is 0 Å². The molecule has 0 spiro atoms. The highest BCUT2D eigenvalue weighted by molar-refractivity contribution is 5.79. The van der Waals surface area contributed by atoms with Crippen LogP contribution < -0.4 is 0 Å². The van der Waals surface area contributed by atoms with Crippen molar-refractivity contribution in [3.05, 3.63) is 0 Å². The Bertz CT molecular complexity index is 343. The lowest BCUT2D eigenvalue weighted by Crippen LogP contribution is -2.53. The Balaban J connectivity index is 1.64.